The van der Waals surface area contributed by atoms with E-state index in [0.717, 1.165) is 49.2 Å². The van der Waals surface area contributed by atoms with Gasteiger partial charge >= 0.3 is 5.97 Å². The van der Waals surface area contributed by atoms with E-state index in [2.05, 4.69) is 25.5 Å². The lowest BCUT2D eigenvalue weighted by Crippen LogP contribution is -2.49. The Bertz CT molecular complexity index is 1520. The molecule has 1 fully saturated rings. The first kappa shape index (κ1) is 29.2. The molecule has 11 nitrogen and oxygen atoms in total. The molecule has 0 radical (unpaired) electrons. The number of carboxylic acids is 1. The highest BCUT2D eigenvalue weighted by Gasteiger charge is 2.44. The molecule has 0 unspecified atom stereocenters. The summed E-state index contributed by atoms with van der Waals surface area (Å²) >= 11 is 0. The third kappa shape index (κ3) is 7.12. The van der Waals surface area contributed by atoms with Gasteiger partial charge in [0.15, 0.2) is 0 Å². The molecule has 12 heteroatoms. The predicted octanol–water partition coefficient (Wildman–Crippen LogP) is 3.41. The standard InChI is InChI=1S/C30H33N5O6S/c36-28(25-18-30(41-34-25)15-13-21(14-16-30)19-32-27-8-4-5-17-31-27)33-20-26(29(37)38)35-42(39,40)24-11-9-23(10-12-24)22-6-2-1-3-7-22/h1-12,17,21,26,35H,13-16,18-20H2,(H,31,32)(H,33,36)(H,37,38)/t21?,26-,30?/m0/s1. The Labute approximate surface area is 244 Å². The summed E-state index contributed by atoms with van der Waals surface area (Å²) in [5.41, 5.74) is 1.37. The van der Waals surface area contributed by atoms with Crippen LogP contribution < -0.4 is 15.4 Å². The fourth-order valence-corrected chi connectivity index (χ4v) is 6.41. The molecule has 1 amide bonds. The van der Waals surface area contributed by atoms with Crippen molar-refractivity contribution in [2.45, 2.75) is 48.6 Å². The molecular weight excluding hydrogens is 558 g/mol. The molecule has 2 aliphatic rings. The van der Waals surface area contributed by atoms with Crippen LogP contribution in [0.15, 0.2) is 89.0 Å². The summed E-state index contributed by atoms with van der Waals surface area (Å²) in [4.78, 5) is 34.6. The Hall–Kier alpha value is -4.29. The van der Waals surface area contributed by atoms with E-state index < -0.39 is 40.1 Å². The molecule has 4 N–H and O–H groups in total. The zero-order chi connectivity index (χ0) is 29.6. The van der Waals surface area contributed by atoms with Crippen molar-refractivity contribution >= 4 is 33.4 Å². The van der Waals surface area contributed by atoms with E-state index in [0.29, 0.717) is 12.3 Å². The van der Waals surface area contributed by atoms with Crippen LogP contribution in [-0.2, 0) is 24.4 Å². The van der Waals surface area contributed by atoms with Gasteiger partial charge < -0.3 is 20.6 Å². The molecule has 1 spiro atoms. The number of aliphatic carboxylic acids is 1. The maximum Gasteiger partial charge on any atom is 0.323 e. The number of pyridine rings is 1. The Morgan fingerprint density at radius 1 is 0.976 bits per heavy atom. The molecule has 3 aromatic rings. The van der Waals surface area contributed by atoms with Crippen molar-refractivity contribution in [2.75, 3.05) is 18.4 Å². The number of benzene rings is 2. The van der Waals surface area contributed by atoms with E-state index in [1.165, 1.54) is 12.1 Å². The maximum atomic E-state index is 12.9. The van der Waals surface area contributed by atoms with Gasteiger partial charge in [-0.05, 0) is 67.0 Å². The Balaban J connectivity index is 1.10. The molecule has 1 atom stereocenters. The maximum absolute atomic E-state index is 12.9. The van der Waals surface area contributed by atoms with Crippen LogP contribution in [-0.4, -0.2) is 60.8 Å². The van der Waals surface area contributed by atoms with Crippen LogP contribution in [0.1, 0.15) is 32.1 Å². The van der Waals surface area contributed by atoms with E-state index >= 15 is 0 Å². The zero-order valence-corrected chi connectivity index (χ0v) is 23.7. The number of sulfonamides is 1. The third-order valence-corrected chi connectivity index (χ3v) is 9.18. The first-order valence-corrected chi connectivity index (χ1v) is 15.3. The quantitative estimate of drug-likeness (QED) is 0.264. The second-order valence-corrected chi connectivity index (χ2v) is 12.4. The van der Waals surface area contributed by atoms with Crippen molar-refractivity contribution in [3.8, 4) is 11.1 Å². The molecule has 1 saturated carbocycles. The number of hydrogen-bond donors (Lipinski definition) is 4. The summed E-state index contributed by atoms with van der Waals surface area (Å²) in [6, 6.07) is 19.7. The van der Waals surface area contributed by atoms with Gasteiger partial charge in [-0.1, -0.05) is 53.7 Å². The van der Waals surface area contributed by atoms with Crippen molar-refractivity contribution in [1.29, 1.82) is 0 Å². The molecule has 0 saturated heterocycles. The molecule has 0 bridgehead atoms. The number of amides is 1. The van der Waals surface area contributed by atoms with E-state index in [9.17, 15) is 23.1 Å². The van der Waals surface area contributed by atoms with Gasteiger partial charge in [0.1, 0.15) is 23.2 Å². The summed E-state index contributed by atoms with van der Waals surface area (Å²) in [6.45, 7) is 0.341. The molecule has 2 heterocycles. The number of aromatic nitrogens is 1. The number of anilines is 1. The van der Waals surface area contributed by atoms with Gasteiger partial charge in [0.2, 0.25) is 10.0 Å². The number of hydrogen-bond acceptors (Lipinski definition) is 8. The second-order valence-electron chi connectivity index (χ2n) is 10.6. The van der Waals surface area contributed by atoms with E-state index in [-0.39, 0.29) is 10.6 Å². The lowest BCUT2D eigenvalue weighted by Gasteiger charge is -2.34. The average Bonchev–Trinajstić information content (AvgIpc) is 3.43. The Kier molecular flexibility index (Phi) is 8.83. The van der Waals surface area contributed by atoms with Crippen molar-refractivity contribution in [3.05, 3.63) is 79.0 Å². The first-order chi connectivity index (χ1) is 20.2. The fraction of sp³-hybridized carbons (Fsp3) is 0.333. The minimum atomic E-state index is -4.17. The lowest BCUT2D eigenvalue weighted by atomic mass is 9.76. The van der Waals surface area contributed by atoms with Gasteiger partial charge in [-0.15, -0.1) is 0 Å². The fourth-order valence-electron chi connectivity index (χ4n) is 5.22. The number of carboxylic acid groups (broad SMARTS) is 1. The molecule has 1 aliphatic carbocycles. The molecule has 220 valence electrons. The van der Waals surface area contributed by atoms with E-state index in [1.54, 1.807) is 18.3 Å². The number of nitrogens with zero attached hydrogens (tertiary/aromatic N) is 2. The van der Waals surface area contributed by atoms with E-state index in [4.69, 9.17) is 4.84 Å². The van der Waals surface area contributed by atoms with Gasteiger partial charge in [-0.25, -0.2) is 13.4 Å². The van der Waals surface area contributed by atoms with E-state index in [1.807, 2.05) is 48.5 Å². The summed E-state index contributed by atoms with van der Waals surface area (Å²) in [7, 11) is -4.17. The highest BCUT2D eigenvalue weighted by molar-refractivity contribution is 7.89. The molecule has 42 heavy (non-hydrogen) atoms. The van der Waals surface area contributed by atoms with Gasteiger partial charge in [0, 0.05) is 25.7 Å². The van der Waals surface area contributed by atoms with Crippen LogP contribution in [0.5, 0.6) is 0 Å². The van der Waals surface area contributed by atoms with Crippen LogP contribution in [0.4, 0.5) is 5.82 Å². The highest BCUT2D eigenvalue weighted by Crippen LogP contribution is 2.40. The van der Waals surface area contributed by atoms with Crippen LogP contribution in [0, 0.1) is 5.92 Å². The minimum Gasteiger partial charge on any atom is -0.480 e. The normalized spacial score (nSPS) is 20.8. The number of carbonyl (C=O) groups is 2. The summed E-state index contributed by atoms with van der Waals surface area (Å²) in [5, 5.41) is 19.5. The van der Waals surface area contributed by atoms with Crippen LogP contribution >= 0.6 is 0 Å². The Morgan fingerprint density at radius 3 is 2.33 bits per heavy atom. The minimum absolute atomic E-state index is 0.0823. The first-order valence-electron chi connectivity index (χ1n) is 13.8. The molecule has 5 rings (SSSR count). The van der Waals surface area contributed by atoms with Crippen LogP contribution in [0.25, 0.3) is 11.1 Å². The molecule has 2 aromatic carbocycles. The molecule has 1 aliphatic heterocycles. The summed E-state index contributed by atoms with van der Waals surface area (Å²) < 4.78 is 28.0. The SMILES string of the molecule is O=C(NC[C@H](NS(=O)(=O)c1ccc(-c2ccccc2)cc1)C(=O)O)C1=NOC2(CCC(CNc3ccccn3)CC2)C1. The van der Waals surface area contributed by atoms with Gasteiger partial charge in [0.25, 0.3) is 5.91 Å². The molecular formula is C30H33N5O6S. The lowest BCUT2D eigenvalue weighted by molar-refractivity contribution is -0.138. The van der Waals surface area contributed by atoms with Gasteiger partial charge in [0.05, 0.1) is 4.90 Å². The van der Waals surface area contributed by atoms with Gasteiger partial charge in [-0.3, -0.25) is 9.59 Å². The second kappa shape index (κ2) is 12.7. The molecule has 1 aromatic heterocycles. The Morgan fingerprint density at radius 2 is 1.67 bits per heavy atom. The van der Waals surface area contributed by atoms with Crippen molar-refractivity contribution in [3.63, 3.8) is 0 Å². The topological polar surface area (TPSA) is 159 Å². The summed E-state index contributed by atoms with van der Waals surface area (Å²) in [6.07, 6.45) is 5.34. The monoisotopic (exact) mass is 591 g/mol. The van der Waals surface area contributed by atoms with Crippen LogP contribution in [0.3, 0.4) is 0 Å². The van der Waals surface area contributed by atoms with Crippen LogP contribution in [0.2, 0.25) is 0 Å². The number of nitrogens with one attached hydrogen (secondary N) is 3. The number of rotatable bonds is 11. The van der Waals surface area contributed by atoms with Crippen molar-refractivity contribution < 1.29 is 28.0 Å². The predicted molar refractivity (Wildman–Crippen MR) is 157 cm³/mol. The number of oxime groups is 1. The smallest absolute Gasteiger partial charge is 0.323 e. The van der Waals surface area contributed by atoms with Crippen molar-refractivity contribution in [1.82, 2.24) is 15.0 Å². The average molecular weight is 592 g/mol. The summed E-state index contributed by atoms with van der Waals surface area (Å²) in [5.74, 6) is -0.722. The van der Waals surface area contributed by atoms with Gasteiger partial charge in [-0.2, -0.15) is 4.72 Å². The highest BCUT2D eigenvalue weighted by atomic mass is 32.2. The third-order valence-electron chi connectivity index (χ3n) is 7.69. The number of carbonyl (C=O) groups excluding carboxylic acids is 1. The largest absolute Gasteiger partial charge is 0.480 e. The van der Waals surface area contributed by atoms with Crippen molar-refractivity contribution in [2.24, 2.45) is 11.1 Å². The zero-order valence-electron chi connectivity index (χ0n) is 22.9.